The van der Waals surface area contributed by atoms with E-state index in [0.717, 1.165) is 16.8 Å². The predicted molar refractivity (Wildman–Crippen MR) is 117 cm³/mol. The molecule has 0 aliphatic heterocycles. The predicted octanol–water partition coefficient (Wildman–Crippen LogP) is 5.12. The van der Waals surface area contributed by atoms with Crippen LogP contribution < -0.4 is 4.72 Å². The number of carbonyl (C=O) groups excluding carboxylic acids is 1. The first-order chi connectivity index (χ1) is 13.7. The number of benzene rings is 2. The molecule has 0 radical (unpaired) electrons. The molecule has 1 aromatic heterocycles. The summed E-state index contributed by atoms with van der Waals surface area (Å²) in [5.41, 5.74) is 4.47. The number of sulfonamides is 1. The standard InChI is InChI=1S/C22H23ClN2O3S/c1-4-29(27,28)25-19-11-7-16(8-12-19)15(3)20-13-14(2)21(24-20)22(26)17-5-9-18(23)10-6-17/h5-13,15,24-25H,4H2,1-3H3. The van der Waals surface area contributed by atoms with E-state index in [9.17, 15) is 13.2 Å². The van der Waals surface area contributed by atoms with Gasteiger partial charge >= 0.3 is 0 Å². The number of rotatable bonds is 7. The van der Waals surface area contributed by atoms with Gasteiger partial charge in [-0.05, 0) is 67.4 Å². The molecule has 0 aliphatic carbocycles. The highest BCUT2D eigenvalue weighted by atomic mass is 35.5. The summed E-state index contributed by atoms with van der Waals surface area (Å²) in [6, 6.07) is 16.1. The fraction of sp³-hybridized carbons (Fsp3) is 0.227. The fourth-order valence-electron chi connectivity index (χ4n) is 3.07. The van der Waals surface area contributed by atoms with Crippen molar-refractivity contribution in [2.24, 2.45) is 0 Å². The minimum Gasteiger partial charge on any atom is -0.355 e. The Hall–Kier alpha value is -2.57. The average molecular weight is 431 g/mol. The first kappa shape index (κ1) is 21.1. The highest BCUT2D eigenvalue weighted by Gasteiger charge is 2.18. The lowest BCUT2D eigenvalue weighted by molar-refractivity contribution is 0.103. The molecule has 3 rings (SSSR count). The van der Waals surface area contributed by atoms with Crippen molar-refractivity contribution in [1.29, 1.82) is 0 Å². The number of hydrogen-bond acceptors (Lipinski definition) is 3. The van der Waals surface area contributed by atoms with Gasteiger partial charge in [-0.25, -0.2) is 8.42 Å². The van der Waals surface area contributed by atoms with Crippen molar-refractivity contribution >= 4 is 33.1 Å². The van der Waals surface area contributed by atoms with Gasteiger partial charge in [0.1, 0.15) is 0 Å². The largest absolute Gasteiger partial charge is 0.355 e. The second-order valence-electron chi connectivity index (χ2n) is 6.97. The molecule has 29 heavy (non-hydrogen) atoms. The van der Waals surface area contributed by atoms with Gasteiger partial charge in [-0.2, -0.15) is 0 Å². The molecule has 0 spiro atoms. The van der Waals surface area contributed by atoms with Crippen molar-refractivity contribution in [2.45, 2.75) is 26.7 Å². The van der Waals surface area contributed by atoms with Crippen molar-refractivity contribution in [2.75, 3.05) is 10.5 Å². The van der Waals surface area contributed by atoms with E-state index in [4.69, 9.17) is 11.6 Å². The zero-order valence-electron chi connectivity index (χ0n) is 16.5. The molecule has 1 unspecified atom stereocenters. The van der Waals surface area contributed by atoms with Gasteiger partial charge in [0.05, 0.1) is 11.4 Å². The summed E-state index contributed by atoms with van der Waals surface area (Å²) in [7, 11) is -3.30. The number of hydrogen-bond donors (Lipinski definition) is 2. The van der Waals surface area contributed by atoms with Gasteiger partial charge in [-0.15, -0.1) is 0 Å². The number of aromatic amines is 1. The summed E-state index contributed by atoms with van der Waals surface area (Å²) < 4.78 is 25.9. The Balaban J connectivity index is 1.81. The lowest BCUT2D eigenvalue weighted by Gasteiger charge is -2.12. The normalized spacial score (nSPS) is 12.6. The van der Waals surface area contributed by atoms with Crippen LogP contribution in [0.5, 0.6) is 0 Å². The number of carbonyl (C=O) groups is 1. The third-order valence-electron chi connectivity index (χ3n) is 4.90. The molecule has 0 saturated carbocycles. The number of aryl methyl sites for hydroxylation is 1. The molecule has 7 heteroatoms. The molecule has 0 saturated heterocycles. The Labute approximate surface area is 176 Å². The van der Waals surface area contributed by atoms with Gasteiger partial charge in [0.25, 0.3) is 0 Å². The molecule has 2 aromatic carbocycles. The van der Waals surface area contributed by atoms with E-state index in [2.05, 4.69) is 9.71 Å². The Kier molecular flexibility index (Phi) is 6.15. The summed E-state index contributed by atoms with van der Waals surface area (Å²) in [5, 5.41) is 0.587. The van der Waals surface area contributed by atoms with Crippen LogP contribution in [0.15, 0.2) is 54.6 Å². The van der Waals surface area contributed by atoms with Crippen molar-refractivity contribution in [3.63, 3.8) is 0 Å². The molecule has 5 nitrogen and oxygen atoms in total. The maximum Gasteiger partial charge on any atom is 0.232 e. The number of anilines is 1. The SMILES string of the molecule is CCS(=O)(=O)Nc1ccc(C(C)c2cc(C)c(C(=O)c3ccc(Cl)cc3)[nH]2)cc1. The Morgan fingerprint density at radius 1 is 1.10 bits per heavy atom. The summed E-state index contributed by atoms with van der Waals surface area (Å²) in [4.78, 5) is 16.1. The van der Waals surface area contributed by atoms with Crippen molar-refractivity contribution in [3.8, 4) is 0 Å². The summed E-state index contributed by atoms with van der Waals surface area (Å²) >= 11 is 5.90. The van der Waals surface area contributed by atoms with E-state index < -0.39 is 10.0 Å². The van der Waals surface area contributed by atoms with E-state index in [1.807, 2.05) is 32.0 Å². The number of nitrogens with one attached hydrogen (secondary N) is 2. The quantitative estimate of drug-likeness (QED) is 0.510. The lowest BCUT2D eigenvalue weighted by Crippen LogP contribution is -2.14. The molecular weight excluding hydrogens is 408 g/mol. The molecule has 0 aliphatic rings. The second kappa shape index (κ2) is 8.43. The third-order valence-corrected chi connectivity index (χ3v) is 6.46. The van der Waals surface area contributed by atoms with E-state index >= 15 is 0 Å². The smallest absolute Gasteiger partial charge is 0.232 e. The Bertz CT molecular complexity index is 1120. The number of H-pyrrole nitrogens is 1. The number of ketones is 1. The van der Waals surface area contributed by atoms with Crippen LogP contribution in [0.4, 0.5) is 5.69 Å². The molecular formula is C22H23ClN2O3S. The molecule has 0 amide bonds. The maximum absolute atomic E-state index is 12.8. The minimum absolute atomic E-state index is 0.0114. The van der Waals surface area contributed by atoms with Crippen LogP contribution in [0.3, 0.4) is 0 Å². The van der Waals surface area contributed by atoms with E-state index in [1.54, 1.807) is 43.3 Å². The molecule has 0 fully saturated rings. The van der Waals surface area contributed by atoms with Crippen LogP contribution in [-0.4, -0.2) is 24.9 Å². The van der Waals surface area contributed by atoms with Crippen molar-refractivity contribution in [1.82, 2.24) is 4.98 Å². The zero-order chi connectivity index (χ0) is 21.2. The lowest BCUT2D eigenvalue weighted by atomic mass is 9.97. The summed E-state index contributed by atoms with van der Waals surface area (Å²) in [6.45, 7) is 5.53. The molecule has 0 bridgehead atoms. The molecule has 3 aromatic rings. The first-order valence-electron chi connectivity index (χ1n) is 9.30. The molecule has 1 atom stereocenters. The van der Waals surface area contributed by atoms with Gasteiger partial charge in [0, 0.05) is 27.9 Å². The molecule has 152 valence electrons. The monoisotopic (exact) mass is 430 g/mol. The highest BCUT2D eigenvalue weighted by Crippen LogP contribution is 2.27. The van der Waals surface area contributed by atoms with Crippen LogP contribution in [0.1, 0.15) is 52.6 Å². The van der Waals surface area contributed by atoms with Crippen LogP contribution in [0.25, 0.3) is 0 Å². The molecule has 2 N–H and O–H groups in total. The van der Waals surface area contributed by atoms with Gasteiger partial charge in [-0.1, -0.05) is 30.7 Å². The third kappa shape index (κ3) is 4.89. The topological polar surface area (TPSA) is 79.0 Å². The number of aromatic nitrogens is 1. The first-order valence-corrected chi connectivity index (χ1v) is 11.3. The molecule has 1 heterocycles. The highest BCUT2D eigenvalue weighted by molar-refractivity contribution is 7.92. The van der Waals surface area contributed by atoms with Gasteiger partial charge in [0.2, 0.25) is 15.8 Å². The van der Waals surface area contributed by atoms with Crippen LogP contribution in [-0.2, 0) is 10.0 Å². The van der Waals surface area contributed by atoms with Crippen LogP contribution >= 0.6 is 11.6 Å². The van der Waals surface area contributed by atoms with E-state index in [0.29, 0.717) is 22.0 Å². The Morgan fingerprint density at radius 3 is 2.31 bits per heavy atom. The van der Waals surface area contributed by atoms with Gasteiger partial charge in [0.15, 0.2) is 0 Å². The second-order valence-corrected chi connectivity index (χ2v) is 9.42. The number of halogens is 1. The fourth-order valence-corrected chi connectivity index (χ4v) is 3.84. The summed E-state index contributed by atoms with van der Waals surface area (Å²) in [5.74, 6) is -0.0450. The van der Waals surface area contributed by atoms with Crippen molar-refractivity contribution < 1.29 is 13.2 Å². The van der Waals surface area contributed by atoms with Crippen LogP contribution in [0.2, 0.25) is 5.02 Å². The average Bonchev–Trinajstić information content (AvgIpc) is 3.09. The Morgan fingerprint density at radius 2 is 1.72 bits per heavy atom. The van der Waals surface area contributed by atoms with Gasteiger partial charge in [-0.3, -0.25) is 9.52 Å². The van der Waals surface area contributed by atoms with Crippen LogP contribution in [0, 0.1) is 6.92 Å². The summed E-state index contributed by atoms with van der Waals surface area (Å²) in [6.07, 6.45) is 0. The maximum atomic E-state index is 12.8. The van der Waals surface area contributed by atoms with E-state index in [-0.39, 0.29) is 17.5 Å². The minimum atomic E-state index is -3.30. The van der Waals surface area contributed by atoms with Crippen molar-refractivity contribution in [3.05, 3.63) is 87.7 Å². The van der Waals surface area contributed by atoms with E-state index in [1.165, 1.54) is 0 Å². The van der Waals surface area contributed by atoms with Gasteiger partial charge < -0.3 is 4.98 Å². The zero-order valence-corrected chi connectivity index (χ0v) is 18.1.